The van der Waals surface area contributed by atoms with Crippen LogP contribution in [0.1, 0.15) is 10.4 Å². The second kappa shape index (κ2) is 7.75. The van der Waals surface area contributed by atoms with E-state index in [-0.39, 0.29) is 6.61 Å². The maximum atomic E-state index is 9.33. The lowest BCUT2D eigenvalue weighted by molar-refractivity contribution is 0.185. The first-order valence-electron chi connectivity index (χ1n) is 7.40. The summed E-state index contributed by atoms with van der Waals surface area (Å²) in [5.74, 6) is 0. The predicted molar refractivity (Wildman–Crippen MR) is 94.6 cm³/mol. The Balaban J connectivity index is 1.78. The van der Waals surface area contributed by atoms with Crippen LogP contribution in [0.5, 0.6) is 0 Å². The topological polar surface area (TPSA) is 52.1 Å². The van der Waals surface area contributed by atoms with Gasteiger partial charge in [0.25, 0.3) is 0 Å². The first-order chi connectivity index (χ1) is 11.3. The van der Waals surface area contributed by atoms with E-state index in [0.717, 1.165) is 34.9 Å². The molecule has 2 heterocycles. The Morgan fingerprint density at radius 2 is 2.00 bits per heavy atom. The fourth-order valence-corrected chi connectivity index (χ4v) is 3.39. The van der Waals surface area contributed by atoms with Crippen LogP contribution in [0.15, 0.2) is 48.0 Å². The van der Waals surface area contributed by atoms with Crippen LogP contribution in [0.25, 0.3) is 11.3 Å². The zero-order valence-electron chi connectivity index (χ0n) is 12.6. The van der Waals surface area contributed by atoms with Crippen molar-refractivity contribution in [2.45, 2.75) is 13.1 Å². The molecular formula is C17H18ClN3OS. The van der Waals surface area contributed by atoms with Gasteiger partial charge in [-0.1, -0.05) is 29.8 Å². The zero-order valence-corrected chi connectivity index (χ0v) is 14.1. The van der Waals surface area contributed by atoms with Gasteiger partial charge >= 0.3 is 0 Å². The van der Waals surface area contributed by atoms with Crippen molar-refractivity contribution >= 4 is 22.9 Å². The number of H-pyrrole nitrogens is 1. The lowest BCUT2D eigenvalue weighted by Gasteiger charge is -2.20. The molecule has 0 radical (unpaired) electrons. The molecule has 0 amide bonds. The SMILES string of the molecule is OCCN(Cc1cccs1)Cc1cn[nH]c1-c1ccc(Cl)cc1. The van der Waals surface area contributed by atoms with E-state index in [1.165, 1.54) is 4.88 Å². The lowest BCUT2D eigenvalue weighted by atomic mass is 10.1. The molecule has 0 spiro atoms. The summed E-state index contributed by atoms with van der Waals surface area (Å²) >= 11 is 7.69. The van der Waals surface area contributed by atoms with Crippen LogP contribution >= 0.6 is 22.9 Å². The molecule has 23 heavy (non-hydrogen) atoms. The molecule has 2 N–H and O–H groups in total. The first-order valence-corrected chi connectivity index (χ1v) is 8.66. The molecule has 1 aromatic carbocycles. The van der Waals surface area contributed by atoms with Crippen LogP contribution in [0, 0.1) is 0 Å². The lowest BCUT2D eigenvalue weighted by Crippen LogP contribution is -2.25. The second-order valence-corrected chi connectivity index (χ2v) is 6.76. The summed E-state index contributed by atoms with van der Waals surface area (Å²) in [6.07, 6.45) is 1.85. The summed E-state index contributed by atoms with van der Waals surface area (Å²) in [6, 6.07) is 11.9. The molecule has 4 nitrogen and oxygen atoms in total. The fourth-order valence-electron chi connectivity index (χ4n) is 2.52. The number of halogens is 1. The van der Waals surface area contributed by atoms with Gasteiger partial charge in [-0.2, -0.15) is 5.10 Å². The highest BCUT2D eigenvalue weighted by atomic mass is 35.5. The summed E-state index contributed by atoms with van der Waals surface area (Å²) in [5, 5.41) is 19.4. The number of benzene rings is 1. The fraction of sp³-hybridized carbons (Fsp3) is 0.235. The van der Waals surface area contributed by atoms with E-state index in [4.69, 9.17) is 11.6 Å². The molecule has 0 unspecified atom stereocenters. The molecule has 0 aliphatic heterocycles. The van der Waals surface area contributed by atoms with Crippen LogP contribution in [-0.4, -0.2) is 33.4 Å². The number of aromatic nitrogens is 2. The van der Waals surface area contributed by atoms with Gasteiger partial charge in [-0.25, -0.2) is 0 Å². The van der Waals surface area contributed by atoms with E-state index < -0.39 is 0 Å². The smallest absolute Gasteiger partial charge is 0.0695 e. The van der Waals surface area contributed by atoms with Gasteiger partial charge in [-0.05, 0) is 29.1 Å². The van der Waals surface area contributed by atoms with Gasteiger partial charge in [0.05, 0.1) is 18.5 Å². The molecular weight excluding hydrogens is 330 g/mol. The van der Waals surface area contributed by atoms with E-state index in [0.29, 0.717) is 6.54 Å². The second-order valence-electron chi connectivity index (χ2n) is 5.29. The van der Waals surface area contributed by atoms with Crippen molar-refractivity contribution in [3.05, 3.63) is 63.4 Å². The van der Waals surface area contributed by atoms with Crippen molar-refractivity contribution in [2.24, 2.45) is 0 Å². The van der Waals surface area contributed by atoms with Crippen molar-refractivity contribution in [2.75, 3.05) is 13.2 Å². The molecule has 0 atom stereocenters. The van der Waals surface area contributed by atoms with E-state index >= 15 is 0 Å². The Labute approximate surface area is 144 Å². The highest BCUT2D eigenvalue weighted by Gasteiger charge is 2.13. The van der Waals surface area contributed by atoms with E-state index in [9.17, 15) is 5.11 Å². The molecule has 0 fully saturated rings. The van der Waals surface area contributed by atoms with Gasteiger partial charge in [0.1, 0.15) is 0 Å². The highest BCUT2D eigenvalue weighted by molar-refractivity contribution is 7.09. The van der Waals surface area contributed by atoms with Crippen molar-refractivity contribution in [3.63, 3.8) is 0 Å². The van der Waals surface area contributed by atoms with Crippen LogP contribution in [0.4, 0.5) is 0 Å². The minimum atomic E-state index is 0.138. The number of thiophene rings is 1. The number of aliphatic hydroxyl groups is 1. The van der Waals surface area contributed by atoms with Crippen molar-refractivity contribution in [3.8, 4) is 11.3 Å². The quantitative estimate of drug-likeness (QED) is 0.683. The third-order valence-electron chi connectivity index (χ3n) is 3.62. The highest BCUT2D eigenvalue weighted by Crippen LogP contribution is 2.24. The third kappa shape index (κ3) is 4.20. The monoisotopic (exact) mass is 347 g/mol. The Hall–Kier alpha value is -1.66. The normalized spacial score (nSPS) is 11.3. The molecule has 0 saturated carbocycles. The molecule has 3 aromatic rings. The number of rotatable bonds is 7. The minimum Gasteiger partial charge on any atom is -0.395 e. The van der Waals surface area contributed by atoms with Gasteiger partial charge in [-0.3, -0.25) is 10.00 Å². The van der Waals surface area contributed by atoms with Gasteiger partial charge in [0.15, 0.2) is 0 Å². The maximum absolute atomic E-state index is 9.33. The van der Waals surface area contributed by atoms with Crippen LogP contribution in [0.2, 0.25) is 5.02 Å². The number of aromatic amines is 1. The summed E-state index contributed by atoms with van der Waals surface area (Å²) in [4.78, 5) is 3.51. The summed E-state index contributed by atoms with van der Waals surface area (Å²) in [6.45, 7) is 2.32. The summed E-state index contributed by atoms with van der Waals surface area (Å²) < 4.78 is 0. The zero-order chi connectivity index (χ0) is 16.1. The first kappa shape index (κ1) is 16.2. The van der Waals surface area contributed by atoms with Gasteiger partial charge in [0.2, 0.25) is 0 Å². The van der Waals surface area contributed by atoms with Crippen LogP contribution in [-0.2, 0) is 13.1 Å². The molecule has 2 aromatic heterocycles. The summed E-state index contributed by atoms with van der Waals surface area (Å²) in [7, 11) is 0. The molecule has 120 valence electrons. The minimum absolute atomic E-state index is 0.138. The van der Waals surface area contributed by atoms with Gasteiger partial charge in [0, 0.05) is 35.1 Å². The number of nitrogens with zero attached hydrogens (tertiary/aromatic N) is 2. The van der Waals surface area contributed by atoms with Crippen molar-refractivity contribution in [1.29, 1.82) is 0 Å². The van der Waals surface area contributed by atoms with Crippen molar-refractivity contribution < 1.29 is 5.11 Å². The van der Waals surface area contributed by atoms with Crippen LogP contribution < -0.4 is 0 Å². The summed E-state index contributed by atoms with van der Waals surface area (Å²) in [5.41, 5.74) is 3.16. The Morgan fingerprint density at radius 1 is 1.17 bits per heavy atom. The number of hydrogen-bond donors (Lipinski definition) is 2. The average Bonchev–Trinajstić information content (AvgIpc) is 3.20. The largest absolute Gasteiger partial charge is 0.395 e. The Morgan fingerprint density at radius 3 is 2.70 bits per heavy atom. The number of aliphatic hydroxyl groups excluding tert-OH is 1. The molecule has 3 rings (SSSR count). The van der Waals surface area contributed by atoms with Gasteiger partial charge in [-0.15, -0.1) is 11.3 Å². The molecule has 0 aliphatic carbocycles. The molecule has 6 heteroatoms. The molecule has 0 bridgehead atoms. The van der Waals surface area contributed by atoms with Gasteiger partial charge < -0.3 is 5.11 Å². The predicted octanol–water partition coefficient (Wildman–Crippen LogP) is 3.79. The van der Waals surface area contributed by atoms with Crippen LogP contribution in [0.3, 0.4) is 0 Å². The van der Waals surface area contributed by atoms with Crippen molar-refractivity contribution in [1.82, 2.24) is 15.1 Å². The van der Waals surface area contributed by atoms with E-state index in [1.807, 2.05) is 36.5 Å². The third-order valence-corrected chi connectivity index (χ3v) is 4.73. The number of nitrogens with one attached hydrogen (secondary N) is 1. The number of hydrogen-bond acceptors (Lipinski definition) is 4. The molecule has 0 aliphatic rings. The standard InChI is InChI=1S/C17H18ClN3OS/c18-15-5-3-13(4-6-15)17-14(10-19-20-17)11-21(7-8-22)12-16-2-1-9-23-16/h1-6,9-10,22H,7-8,11-12H2,(H,19,20). The van der Waals surface area contributed by atoms with E-state index in [2.05, 4.69) is 26.5 Å². The average molecular weight is 348 g/mol. The Kier molecular flexibility index (Phi) is 5.46. The maximum Gasteiger partial charge on any atom is 0.0695 e. The Bertz CT molecular complexity index is 725. The molecule has 0 saturated heterocycles. The van der Waals surface area contributed by atoms with E-state index in [1.54, 1.807) is 11.3 Å².